The second-order valence-corrected chi connectivity index (χ2v) is 6.23. The van der Waals surface area contributed by atoms with E-state index in [4.69, 9.17) is 0 Å². The Morgan fingerprint density at radius 2 is 2.24 bits per heavy atom. The van der Waals surface area contributed by atoms with Crippen LogP contribution in [-0.2, 0) is 16.6 Å². The Kier molecular flexibility index (Phi) is 3.27. The number of aryl methyl sites for hydroxylation is 1. The van der Waals surface area contributed by atoms with Gasteiger partial charge in [-0.05, 0) is 25.7 Å². The fourth-order valence-corrected chi connectivity index (χ4v) is 3.82. The Bertz CT molecular complexity index is 519. The summed E-state index contributed by atoms with van der Waals surface area (Å²) in [5.41, 5.74) is 0.870. The SMILES string of the molecule is CCNS(=O)(=O)c1nc(C)n2c1C(C)CCC2. The lowest BCUT2D eigenvalue weighted by Crippen LogP contribution is -2.26. The molecule has 0 saturated heterocycles. The van der Waals surface area contributed by atoms with Gasteiger partial charge in [0.1, 0.15) is 5.82 Å². The molecule has 96 valence electrons. The summed E-state index contributed by atoms with van der Waals surface area (Å²) in [6.07, 6.45) is 2.12. The minimum absolute atomic E-state index is 0.226. The number of fused-ring (bicyclic) bond motifs is 1. The van der Waals surface area contributed by atoms with Gasteiger partial charge >= 0.3 is 0 Å². The van der Waals surface area contributed by atoms with Crippen molar-refractivity contribution in [2.75, 3.05) is 6.54 Å². The van der Waals surface area contributed by atoms with Crippen LogP contribution in [0.2, 0.25) is 0 Å². The Labute approximate surface area is 102 Å². The third kappa shape index (κ3) is 2.11. The highest BCUT2D eigenvalue weighted by Crippen LogP contribution is 2.32. The number of hydrogen-bond acceptors (Lipinski definition) is 3. The molecular weight excluding hydrogens is 238 g/mol. The van der Waals surface area contributed by atoms with Gasteiger partial charge in [-0.1, -0.05) is 13.8 Å². The van der Waals surface area contributed by atoms with E-state index in [9.17, 15) is 8.42 Å². The molecule has 0 amide bonds. The number of sulfonamides is 1. The molecule has 5 nitrogen and oxygen atoms in total. The van der Waals surface area contributed by atoms with Gasteiger partial charge in [-0.3, -0.25) is 0 Å². The Morgan fingerprint density at radius 3 is 2.88 bits per heavy atom. The molecule has 17 heavy (non-hydrogen) atoms. The average Bonchev–Trinajstić information content (AvgIpc) is 2.59. The molecule has 1 aromatic heterocycles. The predicted octanol–water partition coefficient (Wildman–Crippen LogP) is 1.39. The van der Waals surface area contributed by atoms with Crippen LogP contribution in [0.15, 0.2) is 5.03 Å². The summed E-state index contributed by atoms with van der Waals surface area (Å²) in [7, 11) is -3.45. The van der Waals surface area contributed by atoms with E-state index in [0.29, 0.717) is 6.54 Å². The first-order chi connectivity index (χ1) is 7.97. The fraction of sp³-hybridized carbons (Fsp3) is 0.727. The van der Waals surface area contributed by atoms with Crippen LogP contribution in [0.5, 0.6) is 0 Å². The molecule has 0 spiro atoms. The Hall–Kier alpha value is -0.880. The molecule has 0 fully saturated rings. The number of hydrogen-bond donors (Lipinski definition) is 1. The zero-order chi connectivity index (χ0) is 12.6. The molecule has 0 radical (unpaired) electrons. The van der Waals surface area contributed by atoms with Crippen LogP contribution in [0, 0.1) is 6.92 Å². The van der Waals surface area contributed by atoms with Crippen LogP contribution >= 0.6 is 0 Å². The maximum absolute atomic E-state index is 12.1. The second kappa shape index (κ2) is 4.42. The highest BCUT2D eigenvalue weighted by Gasteiger charge is 2.30. The molecular formula is C11H19N3O2S. The van der Waals surface area contributed by atoms with Crippen LogP contribution in [0.1, 0.15) is 44.1 Å². The first-order valence-corrected chi connectivity index (χ1v) is 7.52. The lowest BCUT2D eigenvalue weighted by molar-refractivity contribution is 0.460. The molecule has 0 bridgehead atoms. The molecule has 2 rings (SSSR count). The van der Waals surface area contributed by atoms with Gasteiger partial charge in [-0.15, -0.1) is 0 Å². The zero-order valence-corrected chi connectivity index (χ0v) is 11.3. The van der Waals surface area contributed by atoms with Crippen LogP contribution in [0.4, 0.5) is 0 Å². The van der Waals surface area contributed by atoms with E-state index in [1.165, 1.54) is 0 Å². The lowest BCUT2D eigenvalue weighted by atomic mass is 9.99. The third-order valence-corrected chi connectivity index (χ3v) is 4.72. The van der Waals surface area contributed by atoms with E-state index in [1.54, 1.807) is 6.92 Å². The summed E-state index contributed by atoms with van der Waals surface area (Å²) in [6.45, 7) is 6.97. The van der Waals surface area contributed by atoms with Gasteiger partial charge in [-0.2, -0.15) is 0 Å². The largest absolute Gasteiger partial charge is 0.331 e. The van der Waals surface area contributed by atoms with Crippen molar-refractivity contribution in [3.63, 3.8) is 0 Å². The molecule has 1 aromatic rings. The van der Waals surface area contributed by atoms with Crippen LogP contribution in [-0.4, -0.2) is 24.5 Å². The fourth-order valence-electron chi connectivity index (χ4n) is 2.46. The number of imidazole rings is 1. The van der Waals surface area contributed by atoms with Crippen molar-refractivity contribution in [2.45, 2.75) is 51.1 Å². The molecule has 0 saturated carbocycles. The van der Waals surface area contributed by atoms with Crippen molar-refractivity contribution in [1.29, 1.82) is 0 Å². The number of nitrogens with zero attached hydrogens (tertiary/aromatic N) is 2. The van der Waals surface area contributed by atoms with Gasteiger partial charge in [0.15, 0.2) is 5.03 Å². The van der Waals surface area contributed by atoms with Crippen LogP contribution in [0.3, 0.4) is 0 Å². The third-order valence-electron chi connectivity index (χ3n) is 3.24. The zero-order valence-electron chi connectivity index (χ0n) is 10.5. The van der Waals surface area contributed by atoms with E-state index in [1.807, 2.05) is 11.5 Å². The lowest BCUT2D eigenvalue weighted by Gasteiger charge is -2.22. The van der Waals surface area contributed by atoms with Gasteiger partial charge in [0.2, 0.25) is 0 Å². The van der Waals surface area contributed by atoms with E-state index >= 15 is 0 Å². The van der Waals surface area contributed by atoms with Crippen LogP contribution < -0.4 is 4.72 Å². The topological polar surface area (TPSA) is 64.0 Å². The standard InChI is InChI=1S/C11H19N3O2S/c1-4-12-17(15,16)11-10-8(2)6-5-7-14(10)9(3)13-11/h8,12H,4-7H2,1-3H3. The molecule has 1 aliphatic rings. The molecule has 1 aliphatic heterocycles. The maximum atomic E-state index is 12.1. The van der Waals surface area contributed by atoms with Crippen molar-refractivity contribution in [1.82, 2.24) is 14.3 Å². The minimum Gasteiger partial charge on any atom is -0.331 e. The van der Waals surface area contributed by atoms with Gasteiger partial charge in [0.05, 0.1) is 5.69 Å². The molecule has 1 unspecified atom stereocenters. The Balaban J connectivity index is 2.57. The summed E-state index contributed by atoms with van der Waals surface area (Å²) in [6, 6.07) is 0. The maximum Gasteiger partial charge on any atom is 0.259 e. The molecule has 0 aliphatic carbocycles. The minimum atomic E-state index is -3.45. The van der Waals surface area contributed by atoms with Gasteiger partial charge in [-0.25, -0.2) is 18.1 Å². The number of aromatic nitrogens is 2. The van der Waals surface area contributed by atoms with Crippen molar-refractivity contribution in [3.05, 3.63) is 11.5 Å². The molecule has 6 heteroatoms. The van der Waals surface area contributed by atoms with Crippen molar-refractivity contribution >= 4 is 10.0 Å². The monoisotopic (exact) mass is 257 g/mol. The highest BCUT2D eigenvalue weighted by atomic mass is 32.2. The van der Waals surface area contributed by atoms with Crippen molar-refractivity contribution in [2.24, 2.45) is 0 Å². The predicted molar refractivity (Wildman–Crippen MR) is 65.5 cm³/mol. The summed E-state index contributed by atoms with van der Waals surface area (Å²) in [4.78, 5) is 4.25. The van der Waals surface area contributed by atoms with E-state index < -0.39 is 10.0 Å². The first kappa shape index (κ1) is 12.6. The van der Waals surface area contributed by atoms with Crippen molar-refractivity contribution < 1.29 is 8.42 Å². The number of rotatable bonds is 3. The average molecular weight is 257 g/mol. The molecule has 0 aromatic carbocycles. The number of nitrogens with one attached hydrogen (secondary N) is 1. The summed E-state index contributed by atoms with van der Waals surface area (Å²) in [5, 5.41) is 0.226. The van der Waals surface area contributed by atoms with E-state index in [-0.39, 0.29) is 10.9 Å². The molecule has 2 heterocycles. The first-order valence-electron chi connectivity index (χ1n) is 6.04. The second-order valence-electron chi connectivity index (χ2n) is 4.55. The molecule has 1 N–H and O–H groups in total. The van der Waals surface area contributed by atoms with E-state index in [2.05, 4.69) is 16.6 Å². The smallest absolute Gasteiger partial charge is 0.259 e. The van der Waals surface area contributed by atoms with Gasteiger partial charge in [0, 0.05) is 13.1 Å². The normalized spacial score (nSPS) is 20.3. The summed E-state index contributed by atoms with van der Waals surface area (Å²) in [5.74, 6) is 1.05. The van der Waals surface area contributed by atoms with Crippen molar-refractivity contribution in [3.8, 4) is 0 Å². The molecule has 1 atom stereocenters. The quantitative estimate of drug-likeness (QED) is 0.890. The highest BCUT2D eigenvalue weighted by molar-refractivity contribution is 7.89. The summed E-state index contributed by atoms with van der Waals surface area (Å²) < 4.78 is 28.7. The van der Waals surface area contributed by atoms with Crippen LogP contribution in [0.25, 0.3) is 0 Å². The van der Waals surface area contributed by atoms with E-state index in [0.717, 1.165) is 30.9 Å². The summed E-state index contributed by atoms with van der Waals surface area (Å²) >= 11 is 0. The van der Waals surface area contributed by atoms with Gasteiger partial charge < -0.3 is 4.57 Å². The Morgan fingerprint density at radius 1 is 1.53 bits per heavy atom. The van der Waals surface area contributed by atoms with Gasteiger partial charge in [0.25, 0.3) is 10.0 Å².